The molecule has 0 aromatic carbocycles. The van der Waals surface area contributed by atoms with Gasteiger partial charge in [-0.05, 0) is 18.6 Å². The van der Waals surface area contributed by atoms with E-state index in [-0.39, 0.29) is 5.84 Å². The van der Waals surface area contributed by atoms with Crippen molar-refractivity contribution in [3.63, 3.8) is 0 Å². The predicted molar refractivity (Wildman–Crippen MR) is 63.5 cm³/mol. The monoisotopic (exact) mass is 239 g/mol. The minimum Gasteiger partial charge on any atom is -0.477 e. The number of methoxy groups -OCH3 is 1. The van der Waals surface area contributed by atoms with Crippen molar-refractivity contribution in [1.29, 1.82) is 0 Å². The molecule has 1 aromatic rings. The zero-order valence-corrected chi connectivity index (χ0v) is 10.0. The van der Waals surface area contributed by atoms with Gasteiger partial charge < -0.3 is 20.4 Å². The van der Waals surface area contributed by atoms with Gasteiger partial charge in [0.1, 0.15) is 0 Å². The molecule has 1 heterocycles. The van der Waals surface area contributed by atoms with Crippen LogP contribution in [-0.2, 0) is 4.74 Å². The first-order valence-corrected chi connectivity index (χ1v) is 5.26. The number of aromatic nitrogens is 1. The standard InChI is InChI=1S/C11H17N3O3/c1-8-4-5-13-11(9(8)10(12)14-15)17-7-3-6-16-2/h4-5,15H,3,6-7H2,1-2H3,(H2,12,14). The maximum atomic E-state index is 8.71. The van der Waals surface area contributed by atoms with Gasteiger partial charge in [-0.15, -0.1) is 0 Å². The highest BCUT2D eigenvalue weighted by Crippen LogP contribution is 2.18. The summed E-state index contributed by atoms with van der Waals surface area (Å²) in [4.78, 5) is 4.07. The molecule has 94 valence electrons. The molecule has 0 saturated heterocycles. The van der Waals surface area contributed by atoms with Crippen molar-refractivity contribution in [2.24, 2.45) is 10.9 Å². The number of nitrogens with zero attached hydrogens (tertiary/aromatic N) is 2. The van der Waals surface area contributed by atoms with Crippen LogP contribution in [0.4, 0.5) is 0 Å². The van der Waals surface area contributed by atoms with E-state index in [9.17, 15) is 0 Å². The normalized spacial score (nSPS) is 11.5. The summed E-state index contributed by atoms with van der Waals surface area (Å²) >= 11 is 0. The maximum absolute atomic E-state index is 8.71. The van der Waals surface area contributed by atoms with Gasteiger partial charge in [0.25, 0.3) is 0 Å². The molecule has 3 N–H and O–H groups in total. The molecule has 0 fully saturated rings. The fourth-order valence-corrected chi connectivity index (χ4v) is 1.38. The highest BCUT2D eigenvalue weighted by Gasteiger charge is 2.12. The minimum atomic E-state index is -0.00246. The zero-order chi connectivity index (χ0) is 12.7. The molecule has 0 bridgehead atoms. The van der Waals surface area contributed by atoms with Crippen molar-refractivity contribution in [3.05, 3.63) is 23.4 Å². The van der Waals surface area contributed by atoms with E-state index in [1.165, 1.54) is 0 Å². The van der Waals surface area contributed by atoms with Crippen molar-refractivity contribution in [3.8, 4) is 5.88 Å². The molecule has 0 amide bonds. The second-order valence-electron chi connectivity index (χ2n) is 3.49. The average molecular weight is 239 g/mol. The van der Waals surface area contributed by atoms with Crippen LogP contribution in [0.25, 0.3) is 0 Å². The Bertz CT molecular complexity index is 394. The number of amidine groups is 1. The van der Waals surface area contributed by atoms with Gasteiger partial charge in [0, 0.05) is 26.3 Å². The smallest absolute Gasteiger partial charge is 0.224 e. The average Bonchev–Trinajstić information content (AvgIpc) is 2.34. The molecule has 0 aliphatic heterocycles. The third-order valence-electron chi connectivity index (χ3n) is 2.22. The van der Waals surface area contributed by atoms with Crippen LogP contribution < -0.4 is 10.5 Å². The Kier molecular flexibility index (Phi) is 5.22. The molecule has 0 unspecified atom stereocenters. The van der Waals surface area contributed by atoms with E-state index in [2.05, 4.69) is 10.1 Å². The van der Waals surface area contributed by atoms with E-state index in [0.717, 1.165) is 12.0 Å². The Labute approximate surface area is 100 Å². The van der Waals surface area contributed by atoms with Crippen LogP contribution in [0.5, 0.6) is 5.88 Å². The van der Waals surface area contributed by atoms with Gasteiger partial charge in [0.2, 0.25) is 5.88 Å². The lowest BCUT2D eigenvalue weighted by atomic mass is 10.1. The van der Waals surface area contributed by atoms with Crippen LogP contribution >= 0.6 is 0 Å². The van der Waals surface area contributed by atoms with Crippen molar-refractivity contribution in [1.82, 2.24) is 4.98 Å². The topological polar surface area (TPSA) is 90.0 Å². The SMILES string of the molecule is COCCCOc1nccc(C)c1/C(N)=N/O. The Morgan fingerprint density at radius 2 is 2.29 bits per heavy atom. The molecule has 17 heavy (non-hydrogen) atoms. The summed E-state index contributed by atoms with van der Waals surface area (Å²) in [5.41, 5.74) is 6.95. The van der Waals surface area contributed by atoms with E-state index >= 15 is 0 Å². The lowest BCUT2D eigenvalue weighted by Crippen LogP contribution is -2.17. The lowest BCUT2D eigenvalue weighted by molar-refractivity contribution is 0.170. The van der Waals surface area contributed by atoms with E-state index in [4.69, 9.17) is 20.4 Å². The van der Waals surface area contributed by atoms with Crippen LogP contribution in [0, 0.1) is 6.92 Å². The molecule has 0 aliphatic rings. The number of oxime groups is 1. The summed E-state index contributed by atoms with van der Waals surface area (Å²) in [5.74, 6) is 0.369. The van der Waals surface area contributed by atoms with Crippen LogP contribution in [0.3, 0.4) is 0 Å². The summed E-state index contributed by atoms with van der Waals surface area (Å²) in [6.07, 6.45) is 2.37. The number of nitrogens with two attached hydrogens (primary N) is 1. The Hall–Kier alpha value is -1.82. The van der Waals surface area contributed by atoms with Gasteiger partial charge in [0.15, 0.2) is 5.84 Å². The molecule has 0 aliphatic carbocycles. The lowest BCUT2D eigenvalue weighted by Gasteiger charge is -2.11. The second-order valence-corrected chi connectivity index (χ2v) is 3.49. The predicted octanol–water partition coefficient (Wildman–Crippen LogP) is 0.900. The molecule has 0 atom stereocenters. The molecule has 1 aromatic heterocycles. The van der Waals surface area contributed by atoms with Crippen LogP contribution in [0.1, 0.15) is 17.5 Å². The largest absolute Gasteiger partial charge is 0.477 e. The summed E-state index contributed by atoms with van der Waals surface area (Å²) in [6, 6.07) is 1.77. The number of rotatable bonds is 6. The third kappa shape index (κ3) is 3.60. The van der Waals surface area contributed by atoms with Gasteiger partial charge in [-0.2, -0.15) is 0 Å². The molecule has 1 rings (SSSR count). The fraction of sp³-hybridized carbons (Fsp3) is 0.455. The molecular formula is C11H17N3O3. The number of aryl methyl sites for hydroxylation is 1. The van der Waals surface area contributed by atoms with Crippen molar-refractivity contribution in [2.45, 2.75) is 13.3 Å². The Balaban J connectivity index is 2.80. The Morgan fingerprint density at radius 3 is 2.94 bits per heavy atom. The molecule has 6 heteroatoms. The van der Waals surface area contributed by atoms with Gasteiger partial charge in [0.05, 0.1) is 12.2 Å². The highest BCUT2D eigenvalue weighted by molar-refractivity contribution is 6.00. The van der Waals surface area contributed by atoms with Crippen molar-refractivity contribution >= 4 is 5.84 Å². The second kappa shape index (κ2) is 6.70. The molecule has 6 nitrogen and oxygen atoms in total. The molecule has 0 radical (unpaired) electrons. The number of hydrogen-bond acceptors (Lipinski definition) is 5. The van der Waals surface area contributed by atoms with Crippen LogP contribution in [0.2, 0.25) is 0 Å². The highest BCUT2D eigenvalue weighted by atomic mass is 16.5. The first-order valence-electron chi connectivity index (χ1n) is 5.26. The molecular weight excluding hydrogens is 222 g/mol. The Morgan fingerprint density at radius 1 is 1.53 bits per heavy atom. The maximum Gasteiger partial charge on any atom is 0.224 e. The van der Waals surface area contributed by atoms with Gasteiger partial charge in [-0.25, -0.2) is 4.98 Å². The first kappa shape index (κ1) is 13.2. The third-order valence-corrected chi connectivity index (χ3v) is 2.22. The minimum absolute atomic E-state index is 0.00246. The van der Waals surface area contributed by atoms with Crippen molar-refractivity contribution in [2.75, 3.05) is 20.3 Å². The quantitative estimate of drug-likeness (QED) is 0.253. The van der Waals surface area contributed by atoms with E-state index < -0.39 is 0 Å². The number of hydrogen-bond donors (Lipinski definition) is 2. The van der Waals surface area contributed by atoms with Gasteiger partial charge in [-0.1, -0.05) is 5.16 Å². The van der Waals surface area contributed by atoms with Gasteiger partial charge >= 0.3 is 0 Å². The van der Waals surface area contributed by atoms with Crippen LogP contribution in [0.15, 0.2) is 17.4 Å². The number of pyridine rings is 1. The summed E-state index contributed by atoms with van der Waals surface area (Å²) in [7, 11) is 1.63. The van der Waals surface area contributed by atoms with E-state index in [1.807, 2.05) is 6.92 Å². The first-order chi connectivity index (χ1) is 8.20. The number of ether oxygens (including phenoxy) is 2. The summed E-state index contributed by atoms with van der Waals surface area (Å²) in [5, 5.41) is 11.7. The summed E-state index contributed by atoms with van der Waals surface area (Å²) in [6.45, 7) is 2.93. The zero-order valence-electron chi connectivity index (χ0n) is 10.0. The van der Waals surface area contributed by atoms with E-state index in [0.29, 0.717) is 24.7 Å². The van der Waals surface area contributed by atoms with Crippen molar-refractivity contribution < 1.29 is 14.7 Å². The van der Waals surface area contributed by atoms with Gasteiger partial charge in [-0.3, -0.25) is 0 Å². The molecule has 0 saturated carbocycles. The molecule has 0 spiro atoms. The van der Waals surface area contributed by atoms with Crippen LogP contribution in [-0.4, -0.2) is 36.4 Å². The summed E-state index contributed by atoms with van der Waals surface area (Å²) < 4.78 is 10.4. The van der Waals surface area contributed by atoms with E-state index in [1.54, 1.807) is 19.4 Å². The fourth-order valence-electron chi connectivity index (χ4n) is 1.38.